The number of aliphatic hydroxyl groups is 1. The number of phenols is 1. The largest absolute Gasteiger partial charge is 0.508 e. The molecular weight excluding hydrogens is 449 g/mol. The summed E-state index contributed by atoms with van der Waals surface area (Å²) in [6.45, 7) is 5.93. The van der Waals surface area contributed by atoms with Crippen LogP contribution in [0.2, 0.25) is 0 Å². The highest BCUT2D eigenvalue weighted by molar-refractivity contribution is 6.46. The topological polar surface area (TPSA) is 87.1 Å². The number of carbonyl (C=O) groups is 2. The van der Waals surface area contributed by atoms with Gasteiger partial charge in [-0.25, -0.2) is 4.39 Å². The molecule has 3 aromatic rings. The first kappa shape index (κ1) is 24.0. The van der Waals surface area contributed by atoms with Gasteiger partial charge in [-0.3, -0.25) is 9.59 Å². The van der Waals surface area contributed by atoms with Crippen LogP contribution in [-0.2, 0) is 16.1 Å². The summed E-state index contributed by atoms with van der Waals surface area (Å²) in [4.78, 5) is 27.6. The van der Waals surface area contributed by atoms with Crippen molar-refractivity contribution in [3.8, 4) is 11.5 Å². The molecule has 1 aliphatic rings. The highest BCUT2D eigenvalue weighted by Crippen LogP contribution is 2.40. The average Bonchev–Trinajstić information content (AvgIpc) is 3.05. The summed E-state index contributed by atoms with van der Waals surface area (Å²) in [5, 5.41) is 20.7. The Balaban J connectivity index is 1.75. The maximum atomic E-state index is 13.4. The number of ether oxygens (including phenoxy) is 1. The first-order valence-corrected chi connectivity index (χ1v) is 11.1. The third kappa shape index (κ3) is 5.19. The Hall–Kier alpha value is -4.13. The fourth-order valence-corrected chi connectivity index (χ4v) is 4.02. The van der Waals surface area contributed by atoms with E-state index in [-0.39, 0.29) is 29.0 Å². The molecule has 6 nitrogen and oxygen atoms in total. The number of rotatable bonds is 5. The maximum Gasteiger partial charge on any atom is 0.295 e. The predicted molar refractivity (Wildman–Crippen MR) is 129 cm³/mol. The van der Waals surface area contributed by atoms with Crippen LogP contribution in [0.25, 0.3) is 5.76 Å². The molecule has 1 saturated heterocycles. The molecule has 0 bridgehead atoms. The zero-order valence-corrected chi connectivity index (χ0v) is 19.7. The number of likely N-dealkylation sites (tertiary alicyclic amines) is 1. The predicted octanol–water partition coefficient (Wildman–Crippen LogP) is 5.33. The van der Waals surface area contributed by atoms with Gasteiger partial charge in [0.05, 0.1) is 11.6 Å². The Morgan fingerprint density at radius 3 is 2.11 bits per heavy atom. The number of hydrogen-bond acceptors (Lipinski definition) is 5. The number of phenolic OH excluding ortho intramolecular Hbond substituents is 1. The first-order chi connectivity index (χ1) is 16.5. The van der Waals surface area contributed by atoms with E-state index < -0.39 is 29.3 Å². The Bertz CT molecular complexity index is 1270. The molecule has 0 aromatic heterocycles. The molecule has 7 heteroatoms. The van der Waals surface area contributed by atoms with Gasteiger partial charge in [-0.05, 0) is 80.4 Å². The van der Waals surface area contributed by atoms with Gasteiger partial charge in [-0.15, -0.1) is 0 Å². The van der Waals surface area contributed by atoms with E-state index in [0.29, 0.717) is 11.3 Å². The summed E-state index contributed by atoms with van der Waals surface area (Å²) in [6.07, 6.45) is 0. The summed E-state index contributed by atoms with van der Waals surface area (Å²) >= 11 is 0. The van der Waals surface area contributed by atoms with E-state index in [4.69, 9.17) is 4.74 Å². The molecule has 1 atom stereocenters. The SMILES string of the molecule is CC(C)(C)Oc1ccc(CN2C(=O)C(=O)/C(=C(\O)c3ccc(F)cc3)C2c2ccc(O)cc2)cc1. The molecule has 4 rings (SSSR count). The molecule has 1 unspecified atom stereocenters. The third-order valence-corrected chi connectivity index (χ3v) is 5.57. The summed E-state index contributed by atoms with van der Waals surface area (Å²) in [6, 6.07) is 17.4. The highest BCUT2D eigenvalue weighted by atomic mass is 19.1. The van der Waals surface area contributed by atoms with Crippen LogP contribution in [0.3, 0.4) is 0 Å². The Kier molecular flexibility index (Phi) is 6.35. The third-order valence-electron chi connectivity index (χ3n) is 5.57. The molecular formula is C28H26FNO5. The normalized spacial score (nSPS) is 17.6. The Morgan fingerprint density at radius 2 is 1.54 bits per heavy atom. The molecule has 3 aromatic carbocycles. The lowest BCUT2D eigenvalue weighted by Gasteiger charge is -2.26. The van der Waals surface area contributed by atoms with Crippen LogP contribution in [-0.4, -0.2) is 32.4 Å². The molecule has 0 aliphatic carbocycles. The van der Waals surface area contributed by atoms with Crippen molar-refractivity contribution in [1.82, 2.24) is 4.90 Å². The van der Waals surface area contributed by atoms with Gasteiger partial charge in [-0.1, -0.05) is 24.3 Å². The fourth-order valence-electron chi connectivity index (χ4n) is 4.02. The van der Waals surface area contributed by atoms with Gasteiger partial charge in [0.2, 0.25) is 0 Å². The second kappa shape index (κ2) is 9.25. The molecule has 35 heavy (non-hydrogen) atoms. The maximum absolute atomic E-state index is 13.4. The van der Waals surface area contributed by atoms with Crippen molar-refractivity contribution >= 4 is 17.4 Å². The van der Waals surface area contributed by atoms with Gasteiger partial charge in [-0.2, -0.15) is 0 Å². The van der Waals surface area contributed by atoms with E-state index in [1.54, 1.807) is 24.3 Å². The summed E-state index contributed by atoms with van der Waals surface area (Å²) < 4.78 is 19.3. The zero-order chi connectivity index (χ0) is 25.3. The van der Waals surface area contributed by atoms with E-state index >= 15 is 0 Å². The molecule has 0 spiro atoms. The molecule has 0 saturated carbocycles. The quantitative estimate of drug-likeness (QED) is 0.296. The number of Topliss-reactive ketones (excluding diaryl/α,β-unsaturated/α-hetero) is 1. The van der Waals surface area contributed by atoms with Crippen molar-refractivity contribution in [2.45, 2.75) is 39.0 Å². The molecule has 2 N–H and O–H groups in total. The Labute approximate surface area is 202 Å². The van der Waals surface area contributed by atoms with Crippen LogP contribution < -0.4 is 4.74 Å². The van der Waals surface area contributed by atoms with E-state index in [2.05, 4.69) is 0 Å². The zero-order valence-electron chi connectivity index (χ0n) is 19.7. The molecule has 0 radical (unpaired) electrons. The number of aliphatic hydroxyl groups excluding tert-OH is 1. The van der Waals surface area contributed by atoms with E-state index in [9.17, 15) is 24.2 Å². The lowest BCUT2D eigenvalue weighted by molar-refractivity contribution is -0.140. The number of nitrogens with zero attached hydrogens (tertiary/aromatic N) is 1. The number of aromatic hydroxyl groups is 1. The van der Waals surface area contributed by atoms with Gasteiger partial charge in [0.1, 0.15) is 28.7 Å². The monoisotopic (exact) mass is 475 g/mol. The van der Waals surface area contributed by atoms with E-state index in [1.165, 1.54) is 41.3 Å². The van der Waals surface area contributed by atoms with Gasteiger partial charge in [0, 0.05) is 12.1 Å². The van der Waals surface area contributed by atoms with Crippen LogP contribution in [0.4, 0.5) is 4.39 Å². The van der Waals surface area contributed by atoms with Gasteiger partial charge in [0.25, 0.3) is 11.7 Å². The van der Waals surface area contributed by atoms with E-state index in [1.807, 2.05) is 32.9 Å². The minimum absolute atomic E-state index is 0.0265. The van der Waals surface area contributed by atoms with Crippen LogP contribution in [0.15, 0.2) is 78.4 Å². The van der Waals surface area contributed by atoms with Gasteiger partial charge >= 0.3 is 0 Å². The number of amides is 1. The van der Waals surface area contributed by atoms with Crippen molar-refractivity contribution in [2.24, 2.45) is 0 Å². The smallest absolute Gasteiger partial charge is 0.295 e. The fraction of sp³-hybridized carbons (Fsp3) is 0.214. The van der Waals surface area contributed by atoms with Crippen LogP contribution in [0.5, 0.6) is 11.5 Å². The lowest BCUT2D eigenvalue weighted by Crippen LogP contribution is -2.29. The van der Waals surface area contributed by atoms with Gasteiger partial charge < -0.3 is 19.8 Å². The average molecular weight is 476 g/mol. The summed E-state index contributed by atoms with van der Waals surface area (Å²) in [5.74, 6) is -1.78. The minimum atomic E-state index is -0.897. The Morgan fingerprint density at radius 1 is 0.943 bits per heavy atom. The van der Waals surface area contributed by atoms with Crippen LogP contribution >= 0.6 is 0 Å². The number of carbonyl (C=O) groups excluding carboxylic acids is 2. The second-order valence-corrected chi connectivity index (χ2v) is 9.38. The number of benzene rings is 3. The van der Waals surface area contributed by atoms with Crippen molar-refractivity contribution in [2.75, 3.05) is 0 Å². The second-order valence-electron chi connectivity index (χ2n) is 9.38. The lowest BCUT2D eigenvalue weighted by atomic mass is 9.95. The summed E-state index contributed by atoms with van der Waals surface area (Å²) in [7, 11) is 0. The van der Waals surface area contributed by atoms with Crippen molar-refractivity contribution in [1.29, 1.82) is 0 Å². The van der Waals surface area contributed by atoms with Crippen molar-refractivity contribution in [3.63, 3.8) is 0 Å². The molecule has 1 amide bonds. The summed E-state index contributed by atoms with van der Waals surface area (Å²) in [5.41, 5.74) is 1.06. The highest BCUT2D eigenvalue weighted by Gasteiger charge is 2.46. The number of halogens is 1. The number of ketones is 1. The molecule has 1 heterocycles. The standard InChI is InChI=1S/C28H26FNO5/c1-28(2,3)35-22-14-4-17(5-15-22)16-30-24(18-8-12-21(31)13-9-18)23(26(33)27(30)34)25(32)19-6-10-20(29)11-7-19/h4-15,24,31-32H,16H2,1-3H3/b25-23-. The molecule has 1 aliphatic heterocycles. The molecule has 1 fully saturated rings. The van der Waals surface area contributed by atoms with Crippen molar-refractivity contribution in [3.05, 3.63) is 101 Å². The molecule has 180 valence electrons. The van der Waals surface area contributed by atoms with E-state index in [0.717, 1.165) is 5.56 Å². The van der Waals surface area contributed by atoms with Crippen LogP contribution in [0, 0.1) is 5.82 Å². The van der Waals surface area contributed by atoms with Gasteiger partial charge in [0.15, 0.2) is 0 Å². The number of hydrogen-bond donors (Lipinski definition) is 2. The van der Waals surface area contributed by atoms with Crippen molar-refractivity contribution < 1.29 is 28.9 Å². The van der Waals surface area contributed by atoms with Crippen LogP contribution in [0.1, 0.15) is 43.5 Å². The minimum Gasteiger partial charge on any atom is -0.508 e. The first-order valence-electron chi connectivity index (χ1n) is 11.1.